The van der Waals surface area contributed by atoms with Crippen LogP contribution in [0.2, 0.25) is 0 Å². The number of allylic oxidation sites excluding steroid dienone is 1. The Hall–Kier alpha value is -4.23. The van der Waals surface area contributed by atoms with E-state index >= 15 is 0 Å². The molecule has 2 aliphatic rings. The first-order valence-electron chi connectivity index (χ1n) is 14.4. The number of benzene rings is 2. The first-order valence-corrected chi connectivity index (χ1v) is 15.4. The topological polar surface area (TPSA) is 164 Å². The zero-order valence-electron chi connectivity index (χ0n) is 25.9. The Bertz CT molecular complexity index is 1460. The van der Waals surface area contributed by atoms with Crippen molar-refractivity contribution in [2.24, 2.45) is 5.41 Å². The largest absolute Gasteiger partial charge is 0.508 e. The molecule has 242 valence electrons. The lowest BCUT2D eigenvalue weighted by molar-refractivity contribution is -0.161. The van der Waals surface area contributed by atoms with Crippen molar-refractivity contribution < 1.29 is 43.6 Å². The van der Waals surface area contributed by atoms with Gasteiger partial charge in [-0.05, 0) is 57.0 Å². The molecule has 0 aliphatic carbocycles. The van der Waals surface area contributed by atoms with E-state index in [0.29, 0.717) is 11.5 Å². The number of rotatable bonds is 10. The van der Waals surface area contributed by atoms with E-state index in [9.17, 15) is 29.4 Å². The van der Waals surface area contributed by atoms with Gasteiger partial charge in [0.2, 0.25) is 11.8 Å². The van der Waals surface area contributed by atoms with Crippen LogP contribution in [0.5, 0.6) is 11.5 Å². The molecule has 2 aromatic carbocycles. The van der Waals surface area contributed by atoms with Crippen molar-refractivity contribution in [1.29, 1.82) is 0 Å². The normalized spacial score (nSPS) is 21.7. The van der Waals surface area contributed by atoms with E-state index in [4.69, 9.17) is 14.2 Å². The number of esters is 1. The second kappa shape index (κ2) is 13.8. The van der Waals surface area contributed by atoms with Gasteiger partial charge in [0.25, 0.3) is 0 Å². The van der Waals surface area contributed by atoms with Crippen molar-refractivity contribution in [1.82, 2.24) is 15.5 Å². The van der Waals surface area contributed by atoms with Crippen molar-refractivity contribution in [3.8, 4) is 11.5 Å². The highest BCUT2D eigenvalue weighted by Gasteiger charge is 2.57. The van der Waals surface area contributed by atoms with Crippen LogP contribution < -0.4 is 15.4 Å². The van der Waals surface area contributed by atoms with Crippen molar-refractivity contribution in [2.75, 3.05) is 19.4 Å². The zero-order chi connectivity index (χ0) is 32.9. The van der Waals surface area contributed by atoms with E-state index in [2.05, 4.69) is 10.6 Å². The lowest BCUT2D eigenvalue weighted by atomic mass is 9.86. The van der Waals surface area contributed by atoms with Gasteiger partial charge in [0, 0.05) is 17.9 Å². The zero-order valence-corrected chi connectivity index (χ0v) is 26.7. The predicted octanol–water partition coefficient (Wildman–Crippen LogP) is 3.16. The summed E-state index contributed by atoms with van der Waals surface area (Å²) in [4.78, 5) is 54.4. The number of thioether (sulfide) groups is 1. The fourth-order valence-electron chi connectivity index (χ4n) is 5.08. The van der Waals surface area contributed by atoms with Gasteiger partial charge in [-0.3, -0.25) is 14.4 Å². The number of carbonyl (C=O) groups excluding carboxylic acids is 4. The number of β-lactam (4-membered cyclic amide) rings is 1. The highest BCUT2D eigenvalue weighted by molar-refractivity contribution is 8.00. The summed E-state index contributed by atoms with van der Waals surface area (Å²) in [6.07, 6.45) is 2.63. The van der Waals surface area contributed by atoms with Gasteiger partial charge >= 0.3 is 12.1 Å². The van der Waals surface area contributed by atoms with Crippen molar-refractivity contribution >= 4 is 35.6 Å². The number of methoxy groups -OCH3 is 1. The Kier molecular flexibility index (Phi) is 10.3. The van der Waals surface area contributed by atoms with Crippen LogP contribution in [0.15, 0.2) is 54.6 Å². The molecular formula is C32H39N3O9S. The molecule has 2 heterocycles. The van der Waals surface area contributed by atoms with Gasteiger partial charge in [-0.25, -0.2) is 4.79 Å². The lowest BCUT2D eigenvalue weighted by Crippen LogP contribution is -2.74. The standard InChI is InChI=1S/C32H39N3O9S/c1-6-13-32(29(40)43-16-19-7-11-22(42-5)12-8-19)17-35-27(39)25(28(35)45-18-32)33-26(38)24(34-30(41)44-31(2,3)4)20-9-10-21(15-36)23(37)14-20/h6-14,24-25,28,36-37H,15-18H2,1-5H3,(H,33,38)(H,34,41)/t24?,25?,28-,32?/m1/s1. The fraction of sp³-hybridized carbons (Fsp3) is 0.438. The highest BCUT2D eigenvalue weighted by atomic mass is 32.2. The molecule has 3 unspecified atom stereocenters. The van der Waals surface area contributed by atoms with Gasteiger partial charge in [-0.15, -0.1) is 11.8 Å². The highest BCUT2D eigenvalue weighted by Crippen LogP contribution is 2.44. The monoisotopic (exact) mass is 641 g/mol. The smallest absolute Gasteiger partial charge is 0.408 e. The first kappa shape index (κ1) is 33.7. The third-order valence-corrected chi connectivity index (χ3v) is 8.91. The Morgan fingerprint density at radius 1 is 1.18 bits per heavy atom. The summed E-state index contributed by atoms with van der Waals surface area (Å²) in [5.74, 6) is -0.794. The van der Waals surface area contributed by atoms with Gasteiger partial charge in [0.05, 0.1) is 13.7 Å². The second-order valence-electron chi connectivity index (χ2n) is 11.9. The Morgan fingerprint density at radius 3 is 2.49 bits per heavy atom. The molecule has 4 atom stereocenters. The maximum Gasteiger partial charge on any atom is 0.408 e. The number of alkyl carbamates (subject to hydrolysis) is 1. The number of nitrogens with zero attached hydrogens (tertiary/aromatic N) is 1. The summed E-state index contributed by atoms with van der Waals surface area (Å²) in [5, 5.41) is 24.5. The summed E-state index contributed by atoms with van der Waals surface area (Å²) < 4.78 is 16.2. The molecular weight excluding hydrogens is 602 g/mol. The molecule has 4 rings (SSSR count). The van der Waals surface area contributed by atoms with Crippen LogP contribution in [0.4, 0.5) is 4.79 Å². The number of aliphatic hydroxyl groups is 1. The average Bonchev–Trinajstić information content (AvgIpc) is 3.00. The van der Waals surface area contributed by atoms with Gasteiger partial charge in [0.1, 0.15) is 46.6 Å². The third-order valence-electron chi connectivity index (χ3n) is 7.36. The van der Waals surface area contributed by atoms with Crippen LogP contribution in [0.3, 0.4) is 0 Å². The summed E-state index contributed by atoms with van der Waals surface area (Å²) in [5.41, 5.74) is -0.658. The minimum absolute atomic E-state index is 0.0593. The summed E-state index contributed by atoms with van der Waals surface area (Å²) in [6.45, 7) is 6.54. The molecule has 0 spiro atoms. The summed E-state index contributed by atoms with van der Waals surface area (Å²) in [6, 6.07) is 9.13. The van der Waals surface area contributed by atoms with Gasteiger partial charge < -0.3 is 40.0 Å². The molecule has 0 bridgehead atoms. The molecule has 2 aliphatic heterocycles. The molecule has 2 fully saturated rings. The van der Waals surface area contributed by atoms with Crippen LogP contribution in [0, 0.1) is 5.41 Å². The lowest BCUT2D eigenvalue weighted by Gasteiger charge is -2.53. The van der Waals surface area contributed by atoms with Gasteiger partial charge in [-0.2, -0.15) is 0 Å². The van der Waals surface area contributed by atoms with E-state index < -0.39 is 53.1 Å². The number of aliphatic hydroxyl groups excluding tert-OH is 1. The Morgan fingerprint density at radius 2 is 1.89 bits per heavy atom. The van der Waals surface area contributed by atoms with E-state index in [1.807, 2.05) is 0 Å². The summed E-state index contributed by atoms with van der Waals surface area (Å²) >= 11 is 1.35. The number of nitrogens with one attached hydrogen (secondary N) is 2. The van der Waals surface area contributed by atoms with Crippen molar-refractivity contribution in [3.05, 3.63) is 71.3 Å². The Balaban J connectivity index is 1.45. The number of hydrogen-bond donors (Lipinski definition) is 4. The quantitative estimate of drug-likeness (QED) is 0.172. The minimum atomic E-state index is -1.32. The van der Waals surface area contributed by atoms with Crippen LogP contribution >= 0.6 is 11.8 Å². The number of phenols is 1. The van der Waals surface area contributed by atoms with Gasteiger partial charge in [-0.1, -0.05) is 36.4 Å². The molecule has 0 radical (unpaired) electrons. The SMILES string of the molecule is CC=CC1(C(=O)OCc2ccc(OC)cc2)CS[C@@H]2C(NC(=O)C(NC(=O)OC(C)(C)C)c3ccc(CO)c(O)c3)C(=O)N2C1. The van der Waals surface area contributed by atoms with E-state index in [0.717, 1.165) is 5.56 Å². The van der Waals surface area contributed by atoms with Crippen LogP contribution in [-0.4, -0.2) is 75.4 Å². The molecule has 0 saturated carbocycles. The molecule has 4 N–H and O–H groups in total. The van der Waals surface area contributed by atoms with Crippen LogP contribution in [-0.2, 0) is 37.1 Å². The number of fused-ring (bicyclic) bond motifs is 1. The first-order chi connectivity index (χ1) is 21.3. The number of amides is 3. The van der Waals surface area contributed by atoms with Crippen molar-refractivity contribution in [2.45, 2.75) is 64.0 Å². The maximum absolute atomic E-state index is 13.5. The molecule has 12 nitrogen and oxygen atoms in total. The molecule has 2 aromatic rings. The van der Waals surface area contributed by atoms with E-state index in [1.54, 1.807) is 71.2 Å². The van der Waals surface area contributed by atoms with E-state index in [-0.39, 0.29) is 35.9 Å². The number of hydrogen-bond acceptors (Lipinski definition) is 10. The number of ether oxygens (including phenoxy) is 3. The molecule has 0 aromatic heterocycles. The average molecular weight is 642 g/mol. The van der Waals surface area contributed by atoms with E-state index in [1.165, 1.54) is 34.9 Å². The summed E-state index contributed by atoms with van der Waals surface area (Å²) in [7, 11) is 1.57. The molecule has 45 heavy (non-hydrogen) atoms. The number of aromatic hydroxyl groups is 1. The number of carbonyl (C=O) groups is 4. The fourth-order valence-corrected chi connectivity index (χ4v) is 6.59. The molecule has 3 amide bonds. The maximum atomic E-state index is 13.5. The third kappa shape index (κ3) is 7.71. The second-order valence-corrected chi connectivity index (χ2v) is 13.0. The molecule has 2 saturated heterocycles. The van der Waals surface area contributed by atoms with Crippen LogP contribution in [0.1, 0.15) is 50.4 Å². The minimum Gasteiger partial charge on any atom is -0.508 e. The van der Waals surface area contributed by atoms with Crippen molar-refractivity contribution in [3.63, 3.8) is 0 Å². The Labute approximate surface area is 266 Å². The van der Waals surface area contributed by atoms with Crippen LogP contribution in [0.25, 0.3) is 0 Å². The predicted molar refractivity (Wildman–Crippen MR) is 166 cm³/mol. The van der Waals surface area contributed by atoms with Gasteiger partial charge in [0.15, 0.2) is 0 Å². The molecule has 13 heteroatoms.